The molecule has 2 aliphatic rings. The van der Waals surface area contributed by atoms with Crippen LogP contribution >= 0.6 is 0 Å². The summed E-state index contributed by atoms with van der Waals surface area (Å²) >= 11 is 0. The Morgan fingerprint density at radius 2 is 1.51 bits per heavy atom. The van der Waals surface area contributed by atoms with Crippen LogP contribution in [0.5, 0.6) is 0 Å². The first-order valence-electron chi connectivity index (χ1n) is 15.5. The van der Waals surface area contributed by atoms with Crippen LogP contribution in [0.15, 0.2) is 68.8 Å². The summed E-state index contributed by atoms with van der Waals surface area (Å²) in [5, 5.41) is 10.5. The van der Waals surface area contributed by atoms with Crippen molar-refractivity contribution in [2.45, 2.75) is 63.2 Å². The number of aliphatic hydroxyl groups is 1. The number of rotatable bonds is 15. The molecule has 2 aromatic carbocycles. The number of unbranched alkanes of at least 4 members (excludes halogenated alkanes) is 3. The summed E-state index contributed by atoms with van der Waals surface area (Å²) in [7, 11) is -8.93. The van der Waals surface area contributed by atoms with E-state index in [9.17, 15) is 21.4 Å². The van der Waals surface area contributed by atoms with Gasteiger partial charge in [0.15, 0.2) is 0 Å². The van der Waals surface area contributed by atoms with Gasteiger partial charge in [0.2, 0.25) is 15.4 Å². The zero-order chi connectivity index (χ0) is 32.8. The fourth-order valence-electron chi connectivity index (χ4n) is 5.70. The molecule has 0 fully saturated rings. The minimum Gasteiger partial charge on any atom is -0.456 e. The molecular formula is C33H44N3O7S2+. The van der Waals surface area contributed by atoms with Gasteiger partial charge in [-0.15, -0.1) is 0 Å². The number of nitrogens with zero attached hydrogens (tertiary/aromatic N) is 2. The number of benzene rings is 3. The fourth-order valence-corrected chi connectivity index (χ4v) is 7.60. The minimum atomic E-state index is -4.86. The van der Waals surface area contributed by atoms with E-state index < -0.39 is 25.0 Å². The Morgan fingerprint density at radius 1 is 0.822 bits per heavy atom. The van der Waals surface area contributed by atoms with E-state index in [2.05, 4.69) is 41.9 Å². The molecule has 0 spiro atoms. The van der Waals surface area contributed by atoms with E-state index in [1.54, 1.807) is 0 Å². The average Bonchev–Trinajstić information content (AvgIpc) is 3.02. The molecule has 0 bridgehead atoms. The van der Waals surface area contributed by atoms with Gasteiger partial charge >= 0.3 is 0 Å². The smallest absolute Gasteiger partial charge is 0.295 e. The highest BCUT2D eigenvalue weighted by molar-refractivity contribution is 7.89. The normalized spacial score (nSPS) is 12.2. The number of aliphatic hydroxyl groups excluding tert-OH is 1. The zero-order valence-electron chi connectivity index (χ0n) is 26.4. The van der Waals surface area contributed by atoms with Gasteiger partial charge < -0.3 is 14.4 Å². The van der Waals surface area contributed by atoms with Crippen molar-refractivity contribution < 1.29 is 30.9 Å². The van der Waals surface area contributed by atoms with E-state index >= 15 is 0 Å². The molecule has 2 aromatic rings. The number of sulfonamides is 1. The molecule has 1 heterocycles. The van der Waals surface area contributed by atoms with Gasteiger partial charge in [-0.05, 0) is 70.9 Å². The van der Waals surface area contributed by atoms with Crippen molar-refractivity contribution in [3.05, 3.63) is 60.0 Å². The zero-order valence-corrected chi connectivity index (χ0v) is 28.0. The SMILES string of the molecule is CCN(CC)c1ccc2c(-c3ccc(S(=O)(=O)NCCCCCCO)cc3S(=O)(=O)O)c3ccc(=[N+](CC)CC)cc-3oc2c1. The van der Waals surface area contributed by atoms with Crippen LogP contribution in [0, 0.1) is 0 Å². The molecule has 10 nitrogen and oxygen atoms in total. The fraction of sp³-hybridized carbons (Fsp3) is 0.424. The first kappa shape index (κ1) is 34.6. The molecule has 0 aromatic heterocycles. The van der Waals surface area contributed by atoms with Crippen molar-refractivity contribution in [3.63, 3.8) is 0 Å². The second-order valence-electron chi connectivity index (χ2n) is 10.9. The monoisotopic (exact) mass is 658 g/mol. The Morgan fingerprint density at radius 3 is 2.16 bits per heavy atom. The molecule has 3 N–H and O–H groups in total. The van der Waals surface area contributed by atoms with E-state index in [-0.39, 0.29) is 23.6 Å². The van der Waals surface area contributed by atoms with Crippen molar-refractivity contribution in [1.82, 2.24) is 9.30 Å². The van der Waals surface area contributed by atoms with Crippen LogP contribution < -0.4 is 19.6 Å². The van der Waals surface area contributed by atoms with E-state index in [1.807, 2.05) is 36.4 Å². The maximum atomic E-state index is 13.1. The summed E-state index contributed by atoms with van der Waals surface area (Å²) in [6.45, 7) is 11.6. The Kier molecular flexibility index (Phi) is 11.4. The minimum absolute atomic E-state index is 0.0880. The van der Waals surface area contributed by atoms with Crippen LogP contribution in [0.1, 0.15) is 53.4 Å². The van der Waals surface area contributed by atoms with E-state index in [4.69, 9.17) is 9.52 Å². The van der Waals surface area contributed by atoms with E-state index in [0.29, 0.717) is 40.7 Å². The van der Waals surface area contributed by atoms with Crippen LogP contribution in [-0.2, 0) is 20.1 Å². The molecule has 45 heavy (non-hydrogen) atoms. The number of anilines is 1. The first-order chi connectivity index (χ1) is 21.5. The largest absolute Gasteiger partial charge is 0.456 e. The number of hydrogen-bond donors (Lipinski definition) is 3. The summed E-state index contributed by atoms with van der Waals surface area (Å²) < 4.78 is 73.6. The Bertz CT molecular complexity index is 1890. The van der Waals surface area contributed by atoms with Crippen LogP contribution in [0.2, 0.25) is 0 Å². The maximum Gasteiger partial charge on any atom is 0.295 e. The Hall–Kier alpha value is -3.29. The highest BCUT2D eigenvalue weighted by atomic mass is 32.2. The van der Waals surface area contributed by atoms with Crippen LogP contribution in [0.25, 0.3) is 33.4 Å². The van der Waals surface area contributed by atoms with Gasteiger partial charge in [0.1, 0.15) is 29.3 Å². The summed E-state index contributed by atoms with van der Waals surface area (Å²) in [5.74, 6) is 0.527. The van der Waals surface area contributed by atoms with Gasteiger partial charge in [0.25, 0.3) is 10.1 Å². The molecule has 0 amide bonds. The van der Waals surface area contributed by atoms with Gasteiger partial charge in [-0.1, -0.05) is 18.9 Å². The lowest BCUT2D eigenvalue weighted by Gasteiger charge is -2.22. The predicted molar refractivity (Wildman–Crippen MR) is 179 cm³/mol. The Labute approximate surface area is 266 Å². The average molecular weight is 659 g/mol. The van der Waals surface area contributed by atoms with Crippen LogP contribution in [-0.4, -0.2) is 65.8 Å². The maximum absolute atomic E-state index is 13.1. The predicted octanol–water partition coefficient (Wildman–Crippen LogP) is 4.94. The van der Waals surface area contributed by atoms with Crippen molar-refractivity contribution in [2.75, 3.05) is 44.2 Å². The van der Waals surface area contributed by atoms with E-state index in [1.165, 1.54) is 12.1 Å². The first-order valence-corrected chi connectivity index (χ1v) is 18.5. The third-order valence-corrected chi connectivity index (χ3v) is 10.5. The number of fused-ring (bicyclic) bond motifs is 2. The summed E-state index contributed by atoms with van der Waals surface area (Å²) in [5.41, 5.74) is 2.77. The van der Waals surface area contributed by atoms with Crippen LogP contribution in [0.3, 0.4) is 0 Å². The van der Waals surface area contributed by atoms with Crippen molar-refractivity contribution in [1.29, 1.82) is 0 Å². The van der Waals surface area contributed by atoms with Gasteiger partial charge in [-0.3, -0.25) is 4.55 Å². The quantitative estimate of drug-likeness (QED) is 0.0707. The molecule has 1 aliphatic heterocycles. The highest BCUT2D eigenvalue weighted by Crippen LogP contribution is 2.43. The van der Waals surface area contributed by atoms with Crippen LogP contribution in [0.4, 0.5) is 5.69 Å². The lowest BCUT2D eigenvalue weighted by molar-refractivity contribution is 0.282. The molecule has 1 aliphatic carbocycles. The van der Waals surface area contributed by atoms with Gasteiger partial charge in [0, 0.05) is 66.1 Å². The lowest BCUT2D eigenvalue weighted by Crippen LogP contribution is -2.29. The second-order valence-corrected chi connectivity index (χ2v) is 14.0. The summed E-state index contributed by atoms with van der Waals surface area (Å²) in [4.78, 5) is 1.40. The number of nitrogens with one attached hydrogen (secondary N) is 1. The standard InChI is InChI=1S/C33H43N3O7S2/c1-5-35(6-2)24-13-16-27-30(21-24)43-31-22-25(36(7-3)8-4)14-17-28(31)33(27)29-18-15-26(23-32(29)45(40,41)42)44(38,39)34-19-11-9-10-12-20-37/h13-18,21-23,34,37H,5-12,19-20H2,1-4H3/p+1. The third kappa shape index (κ3) is 7.75. The van der Waals surface area contributed by atoms with Crippen molar-refractivity contribution in [2.24, 2.45) is 0 Å². The molecule has 0 radical (unpaired) electrons. The lowest BCUT2D eigenvalue weighted by atomic mass is 9.93. The molecule has 244 valence electrons. The number of hydrogen-bond acceptors (Lipinski definition) is 7. The summed E-state index contributed by atoms with van der Waals surface area (Å²) in [6, 6.07) is 15.3. The van der Waals surface area contributed by atoms with Gasteiger partial charge in [0.05, 0.1) is 11.0 Å². The van der Waals surface area contributed by atoms with Crippen molar-refractivity contribution >= 4 is 36.8 Å². The third-order valence-electron chi connectivity index (χ3n) is 8.13. The molecule has 4 rings (SSSR count). The van der Waals surface area contributed by atoms with Gasteiger partial charge in [-0.25, -0.2) is 17.7 Å². The van der Waals surface area contributed by atoms with Crippen molar-refractivity contribution in [3.8, 4) is 22.5 Å². The van der Waals surface area contributed by atoms with E-state index in [0.717, 1.165) is 56.1 Å². The molecule has 12 heteroatoms. The second kappa shape index (κ2) is 14.9. The highest BCUT2D eigenvalue weighted by Gasteiger charge is 2.27. The van der Waals surface area contributed by atoms with Gasteiger partial charge in [-0.2, -0.15) is 8.42 Å². The summed E-state index contributed by atoms with van der Waals surface area (Å²) in [6.07, 6.45) is 2.73. The molecule has 0 unspecified atom stereocenters. The Balaban J connectivity index is 1.95. The topological polar surface area (TPSA) is 140 Å². The molecule has 0 saturated carbocycles. The molecule has 0 saturated heterocycles. The molecular weight excluding hydrogens is 615 g/mol. The molecule has 0 atom stereocenters.